The zero-order chi connectivity index (χ0) is 15.4. The monoisotopic (exact) mass is 306 g/mol. The van der Waals surface area contributed by atoms with Crippen LogP contribution in [0.15, 0.2) is 30.5 Å². The Labute approximate surface area is 129 Å². The van der Waals surface area contributed by atoms with Gasteiger partial charge in [0.05, 0.1) is 5.56 Å². The third-order valence-corrected chi connectivity index (χ3v) is 3.47. The van der Waals surface area contributed by atoms with E-state index < -0.39 is 0 Å². The molecule has 1 atom stereocenters. The number of hydrogen-bond acceptors (Lipinski definition) is 5. The third-order valence-electron chi connectivity index (χ3n) is 3.23. The zero-order valence-corrected chi connectivity index (χ0v) is 12.8. The summed E-state index contributed by atoms with van der Waals surface area (Å²) < 4.78 is 0. The van der Waals surface area contributed by atoms with E-state index in [1.165, 1.54) is 6.07 Å². The molecular formula is C15H19ClN4O. The number of phenols is 1. The molecule has 0 spiro atoms. The van der Waals surface area contributed by atoms with Crippen LogP contribution in [0.3, 0.4) is 0 Å². The van der Waals surface area contributed by atoms with Crippen LogP contribution < -0.4 is 11.1 Å². The molecule has 2 rings (SSSR count). The lowest BCUT2D eigenvalue weighted by Crippen LogP contribution is -2.34. The molecule has 0 amide bonds. The molecule has 0 unspecified atom stereocenters. The number of anilines is 1. The molecule has 0 saturated carbocycles. The minimum absolute atomic E-state index is 0.0444. The van der Waals surface area contributed by atoms with Crippen molar-refractivity contribution < 1.29 is 5.11 Å². The number of phenolic OH excluding ortho intramolecular Hbond substituents is 1. The van der Waals surface area contributed by atoms with Crippen molar-refractivity contribution in [3.05, 3.63) is 35.5 Å². The van der Waals surface area contributed by atoms with E-state index in [1.807, 2.05) is 0 Å². The number of benzene rings is 1. The van der Waals surface area contributed by atoms with Gasteiger partial charge in [-0.25, -0.2) is 9.97 Å². The molecule has 1 heterocycles. The summed E-state index contributed by atoms with van der Waals surface area (Å²) in [5.41, 5.74) is 6.49. The zero-order valence-electron chi connectivity index (χ0n) is 12.0. The van der Waals surface area contributed by atoms with Crippen molar-refractivity contribution in [2.45, 2.75) is 19.9 Å². The number of aromatic nitrogens is 2. The number of aromatic hydroxyl groups is 1. The average Bonchev–Trinajstić information content (AvgIpc) is 2.47. The fourth-order valence-corrected chi connectivity index (χ4v) is 1.90. The summed E-state index contributed by atoms with van der Waals surface area (Å²) in [7, 11) is 0. The van der Waals surface area contributed by atoms with Crippen molar-refractivity contribution >= 4 is 17.4 Å². The Kier molecular flexibility index (Phi) is 4.98. The Morgan fingerprint density at radius 1 is 1.33 bits per heavy atom. The van der Waals surface area contributed by atoms with Crippen LogP contribution >= 0.6 is 11.6 Å². The highest BCUT2D eigenvalue weighted by Crippen LogP contribution is 2.29. The molecule has 0 aliphatic heterocycles. The molecule has 1 aromatic heterocycles. The molecule has 0 radical (unpaired) electrons. The summed E-state index contributed by atoms with van der Waals surface area (Å²) in [6.07, 6.45) is 1.63. The Morgan fingerprint density at radius 2 is 2.10 bits per heavy atom. The molecule has 2 aromatic rings. The second-order valence-electron chi connectivity index (χ2n) is 5.22. The highest BCUT2D eigenvalue weighted by Gasteiger charge is 2.10. The standard InChI is InChI=1S/C15H19ClN4O/c1-9(2)12(17)8-19-14-5-6-18-15(20-14)11-7-10(16)3-4-13(11)21/h3-7,9,12,21H,8,17H2,1-2H3,(H,18,19,20)/t12-/m1/s1. The first-order valence-corrected chi connectivity index (χ1v) is 7.16. The summed E-state index contributed by atoms with van der Waals surface area (Å²) in [4.78, 5) is 8.55. The van der Waals surface area contributed by atoms with Crippen LogP contribution in [0.4, 0.5) is 5.82 Å². The number of hydrogen-bond donors (Lipinski definition) is 3. The van der Waals surface area contributed by atoms with E-state index in [-0.39, 0.29) is 11.8 Å². The normalized spacial score (nSPS) is 12.4. The van der Waals surface area contributed by atoms with Crippen molar-refractivity contribution in [2.24, 2.45) is 11.7 Å². The highest BCUT2D eigenvalue weighted by molar-refractivity contribution is 6.30. The number of nitrogens with one attached hydrogen (secondary N) is 1. The van der Waals surface area contributed by atoms with Gasteiger partial charge in [0.2, 0.25) is 0 Å². The van der Waals surface area contributed by atoms with Crippen LogP contribution in [-0.2, 0) is 0 Å². The summed E-state index contributed by atoms with van der Waals surface area (Å²) in [5.74, 6) is 1.56. The van der Waals surface area contributed by atoms with Crippen molar-refractivity contribution in [1.29, 1.82) is 0 Å². The van der Waals surface area contributed by atoms with Crippen molar-refractivity contribution in [3.8, 4) is 17.1 Å². The summed E-state index contributed by atoms with van der Waals surface area (Å²) in [6, 6.07) is 6.58. The maximum atomic E-state index is 9.89. The van der Waals surface area contributed by atoms with E-state index in [2.05, 4.69) is 29.1 Å². The smallest absolute Gasteiger partial charge is 0.165 e. The number of halogens is 1. The lowest BCUT2D eigenvalue weighted by atomic mass is 10.1. The molecule has 0 fully saturated rings. The van der Waals surface area contributed by atoms with Crippen LogP contribution in [0.1, 0.15) is 13.8 Å². The number of nitrogens with zero attached hydrogens (tertiary/aromatic N) is 2. The Balaban J connectivity index is 2.19. The first-order valence-electron chi connectivity index (χ1n) is 6.78. The van der Waals surface area contributed by atoms with Crippen molar-refractivity contribution in [2.75, 3.05) is 11.9 Å². The largest absolute Gasteiger partial charge is 0.507 e. The van der Waals surface area contributed by atoms with Crippen molar-refractivity contribution in [1.82, 2.24) is 9.97 Å². The fourth-order valence-electron chi connectivity index (χ4n) is 1.73. The van der Waals surface area contributed by atoms with Crippen molar-refractivity contribution in [3.63, 3.8) is 0 Å². The molecule has 21 heavy (non-hydrogen) atoms. The highest BCUT2D eigenvalue weighted by atomic mass is 35.5. The van der Waals surface area contributed by atoms with E-state index in [4.69, 9.17) is 17.3 Å². The van der Waals surface area contributed by atoms with Crippen LogP contribution in [0.25, 0.3) is 11.4 Å². The quantitative estimate of drug-likeness (QED) is 0.791. The molecular weight excluding hydrogens is 288 g/mol. The molecule has 0 aliphatic rings. The van der Waals surface area contributed by atoms with Gasteiger partial charge in [0, 0.05) is 23.8 Å². The molecule has 112 valence electrons. The maximum absolute atomic E-state index is 9.89. The predicted molar refractivity (Wildman–Crippen MR) is 85.4 cm³/mol. The molecule has 0 saturated heterocycles. The Morgan fingerprint density at radius 3 is 2.81 bits per heavy atom. The first kappa shape index (κ1) is 15.5. The number of nitrogens with two attached hydrogens (primary N) is 1. The van der Waals surface area contributed by atoms with Gasteiger partial charge in [-0.15, -0.1) is 0 Å². The van der Waals surface area contributed by atoms with Gasteiger partial charge in [-0.2, -0.15) is 0 Å². The van der Waals surface area contributed by atoms with E-state index >= 15 is 0 Å². The molecule has 5 nitrogen and oxygen atoms in total. The minimum atomic E-state index is 0.0444. The molecule has 4 N–H and O–H groups in total. The van der Waals surface area contributed by atoms with Crippen LogP contribution in [0.5, 0.6) is 5.75 Å². The van der Waals surface area contributed by atoms with Gasteiger partial charge in [-0.1, -0.05) is 25.4 Å². The summed E-state index contributed by atoms with van der Waals surface area (Å²) in [5, 5.41) is 13.6. The Bertz CT molecular complexity index is 618. The first-order chi connectivity index (χ1) is 9.97. The van der Waals surface area contributed by atoms with Gasteiger partial charge in [-0.05, 0) is 30.2 Å². The second kappa shape index (κ2) is 6.74. The maximum Gasteiger partial charge on any atom is 0.165 e. The predicted octanol–water partition coefficient (Wildman–Crippen LogP) is 2.90. The molecule has 1 aromatic carbocycles. The SMILES string of the molecule is CC(C)[C@H](N)CNc1ccnc(-c2cc(Cl)ccc2O)n1. The van der Waals surface area contributed by atoms with Crippen LogP contribution in [-0.4, -0.2) is 27.7 Å². The van der Waals surface area contributed by atoms with E-state index in [0.717, 1.165) is 0 Å². The van der Waals surface area contributed by atoms with E-state index in [0.29, 0.717) is 34.7 Å². The number of rotatable bonds is 5. The fraction of sp³-hybridized carbons (Fsp3) is 0.333. The molecule has 6 heteroatoms. The van der Waals surface area contributed by atoms with Gasteiger partial charge in [0.25, 0.3) is 0 Å². The third kappa shape index (κ3) is 4.06. The lowest BCUT2D eigenvalue weighted by Gasteiger charge is -2.16. The topological polar surface area (TPSA) is 84.1 Å². The van der Waals surface area contributed by atoms with Gasteiger partial charge >= 0.3 is 0 Å². The second-order valence-corrected chi connectivity index (χ2v) is 5.65. The van der Waals surface area contributed by atoms with Gasteiger partial charge in [0.1, 0.15) is 11.6 Å². The summed E-state index contributed by atoms with van der Waals surface area (Å²) >= 11 is 5.95. The van der Waals surface area contributed by atoms with E-state index in [9.17, 15) is 5.11 Å². The average molecular weight is 307 g/mol. The van der Waals surface area contributed by atoms with Crippen LogP contribution in [0, 0.1) is 5.92 Å². The molecule has 0 aliphatic carbocycles. The van der Waals surface area contributed by atoms with Gasteiger partial charge in [0.15, 0.2) is 5.82 Å². The molecule has 0 bridgehead atoms. The van der Waals surface area contributed by atoms with E-state index in [1.54, 1.807) is 24.4 Å². The summed E-state index contributed by atoms with van der Waals surface area (Å²) in [6.45, 7) is 4.76. The Hall–Kier alpha value is -1.85. The lowest BCUT2D eigenvalue weighted by molar-refractivity contribution is 0.477. The van der Waals surface area contributed by atoms with Gasteiger partial charge in [-0.3, -0.25) is 0 Å². The minimum Gasteiger partial charge on any atom is -0.507 e. The van der Waals surface area contributed by atoms with Crippen LogP contribution in [0.2, 0.25) is 5.02 Å². The van der Waals surface area contributed by atoms with Gasteiger partial charge < -0.3 is 16.2 Å².